The summed E-state index contributed by atoms with van der Waals surface area (Å²) in [6.45, 7) is 4.61. The second kappa shape index (κ2) is 10.5. The number of nitrogens with two attached hydrogens (primary N) is 1. The second-order valence-corrected chi connectivity index (χ2v) is 7.59. The van der Waals surface area contributed by atoms with E-state index < -0.39 is 11.2 Å². The molecule has 2 aromatic rings. The van der Waals surface area contributed by atoms with E-state index in [1.54, 1.807) is 18.2 Å². The molecule has 0 unspecified atom stereocenters. The molecular weight excluding hydrogens is 415 g/mol. The molecule has 0 radical (unpaired) electrons. The molecule has 1 aromatic heterocycles. The van der Waals surface area contributed by atoms with Crippen molar-refractivity contribution >= 4 is 40.6 Å². The highest BCUT2D eigenvalue weighted by Gasteiger charge is 2.25. The van der Waals surface area contributed by atoms with Gasteiger partial charge >= 0.3 is 5.69 Å². The van der Waals surface area contributed by atoms with Gasteiger partial charge in [-0.15, -0.1) is 0 Å². The van der Waals surface area contributed by atoms with Crippen LogP contribution < -0.4 is 21.9 Å². The molecule has 158 valence electrons. The maximum Gasteiger partial charge on any atom is 0.330 e. The number of unbranched alkanes of at least 4 members (excludes halogenated alkanes) is 2. The average molecular weight is 441 g/mol. The highest BCUT2D eigenvalue weighted by Crippen LogP contribution is 2.26. The van der Waals surface area contributed by atoms with E-state index >= 15 is 0 Å². The minimum absolute atomic E-state index is 0.0117. The third kappa shape index (κ3) is 5.42. The van der Waals surface area contributed by atoms with Crippen LogP contribution in [0, 0.1) is 0 Å². The number of carbonyl (C=O) groups is 1. The van der Waals surface area contributed by atoms with E-state index in [1.807, 2.05) is 13.8 Å². The minimum Gasteiger partial charge on any atom is -0.383 e. The molecule has 0 fully saturated rings. The molecule has 0 bridgehead atoms. The Kier molecular flexibility index (Phi) is 8.34. The van der Waals surface area contributed by atoms with Crippen molar-refractivity contribution in [3.05, 3.63) is 54.6 Å². The fourth-order valence-electron chi connectivity index (χ4n) is 3.00. The Morgan fingerprint density at radius 2 is 1.76 bits per heavy atom. The van der Waals surface area contributed by atoms with Crippen molar-refractivity contribution in [1.82, 2.24) is 9.55 Å². The minimum atomic E-state index is -0.685. The molecule has 0 aliphatic rings. The van der Waals surface area contributed by atoms with Gasteiger partial charge in [-0.05, 0) is 30.5 Å². The topological polar surface area (TPSA) is 101 Å². The first-order valence-electron chi connectivity index (χ1n) is 9.67. The molecule has 9 heteroatoms. The van der Waals surface area contributed by atoms with Crippen molar-refractivity contribution in [2.45, 2.75) is 52.5 Å². The summed E-state index contributed by atoms with van der Waals surface area (Å²) in [5.74, 6) is -0.381. The van der Waals surface area contributed by atoms with Gasteiger partial charge in [-0.2, -0.15) is 0 Å². The van der Waals surface area contributed by atoms with Gasteiger partial charge in [0.1, 0.15) is 5.82 Å². The number of nitrogen functional groups attached to an aromatic ring is 1. The molecule has 0 saturated heterocycles. The predicted molar refractivity (Wildman–Crippen MR) is 118 cm³/mol. The number of anilines is 2. The first-order chi connectivity index (χ1) is 13.8. The van der Waals surface area contributed by atoms with E-state index in [4.69, 9.17) is 28.9 Å². The molecule has 1 aromatic carbocycles. The van der Waals surface area contributed by atoms with E-state index in [1.165, 1.54) is 9.47 Å². The molecule has 7 nitrogen and oxygen atoms in total. The van der Waals surface area contributed by atoms with Crippen LogP contribution in [0.15, 0.2) is 27.8 Å². The number of aromatic amines is 1. The number of nitrogens with one attached hydrogen (secondary N) is 1. The Bertz CT molecular complexity index is 964. The summed E-state index contributed by atoms with van der Waals surface area (Å²) in [4.78, 5) is 41.5. The Morgan fingerprint density at radius 1 is 1.14 bits per heavy atom. The highest BCUT2D eigenvalue weighted by molar-refractivity contribution is 6.36. The number of hydrogen-bond donors (Lipinski definition) is 2. The number of nitrogens with zero attached hydrogens (tertiary/aromatic N) is 2. The number of rotatable bonds is 9. The molecule has 0 aliphatic carbocycles. The van der Waals surface area contributed by atoms with Crippen molar-refractivity contribution in [2.75, 3.05) is 17.2 Å². The van der Waals surface area contributed by atoms with Gasteiger partial charge in [0.25, 0.3) is 5.56 Å². The zero-order valence-corrected chi connectivity index (χ0v) is 18.1. The molecule has 3 N–H and O–H groups in total. The maximum atomic E-state index is 13.2. The highest BCUT2D eigenvalue weighted by atomic mass is 35.5. The van der Waals surface area contributed by atoms with Gasteiger partial charge in [0.2, 0.25) is 5.91 Å². The molecule has 0 aliphatic heterocycles. The molecule has 1 heterocycles. The van der Waals surface area contributed by atoms with Gasteiger partial charge in [-0.25, -0.2) is 4.79 Å². The van der Waals surface area contributed by atoms with Crippen LogP contribution >= 0.6 is 23.2 Å². The van der Waals surface area contributed by atoms with E-state index in [9.17, 15) is 14.4 Å². The SMILES string of the molecule is CCCCN(C(=O)Cc1c(Cl)cccc1Cl)c1c(N)n(CCCC)c(=O)[nH]c1=O. The van der Waals surface area contributed by atoms with Crippen LogP contribution in [0.4, 0.5) is 11.5 Å². The Hall–Kier alpha value is -2.25. The van der Waals surface area contributed by atoms with Gasteiger partial charge < -0.3 is 10.6 Å². The number of benzene rings is 1. The van der Waals surface area contributed by atoms with E-state index in [-0.39, 0.29) is 30.4 Å². The normalized spacial score (nSPS) is 10.9. The lowest BCUT2D eigenvalue weighted by atomic mass is 10.1. The van der Waals surface area contributed by atoms with Gasteiger partial charge in [-0.1, -0.05) is 56.0 Å². The summed E-state index contributed by atoms with van der Waals surface area (Å²) in [6, 6.07) is 5.00. The van der Waals surface area contributed by atoms with Crippen molar-refractivity contribution < 1.29 is 4.79 Å². The van der Waals surface area contributed by atoms with Crippen molar-refractivity contribution in [1.29, 1.82) is 0 Å². The van der Waals surface area contributed by atoms with Gasteiger partial charge in [0, 0.05) is 23.1 Å². The molecule has 0 atom stereocenters. The van der Waals surface area contributed by atoms with E-state index in [0.29, 0.717) is 35.0 Å². The smallest absolute Gasteiger partial charge is 0.330 e. The average Bonchev–Trinajstić information content (AvgIpc) is 2.67. The molecule has 1 amide bonds. The molecule has 2 rings (SSSR count). The fourth-order valence-corrected chi connectivity index (χ4v) is 3.53. The van der Waals surface area contributed by atoms with Crippen molar-refractivity contribution in [2.24, 2.45) is 0 Å². The summed E-state index contributed by atoms with van der Waals surface area (Å²) < 4.78 is 1.30. The van der Waals surface area contributed by atoms with Crippen LogP contribution in [0.2, 0.25) is 10.0 Å². The summed E-state index contributed by atoms with van der Waals surface area (Å²) >= 11 is 12.4. The lowest BCUT2D eigenvalue weighted by molar-refractivity contribution is -0.118. The number of aromatic nitrogens is 2. The van der Waals surface area contributed by atoms with Crippen LogP contribution in [0.25, 0.3) is 0 Å². The quantitative estimate of drug-likeness (QED) is 0.621. The van der Waals surface area contributed by atoms with Crippen molar-refractivity contribution in [3.63, 3.8) is 0 Å². The number of carbonyl (C=O) groups excluding carboxylic acids is 1. The van der Waals surface area contributed by atoms with E-state index in [0.717, 1.165) is 12.8 Å². The van der Waals surface area contributed by atoms with Crippen molar-refractivity contribution in [3.8, 4) is 0 Å². The Balaban J connectivity index is 2.51. The monoisotopic (exact) mass is 440 g/mol. The second-order valence-electron chi connectivity index (χ2n) is 6.77. The predicted octanol–water partition coefficient (Wildman–Crippen LogP) is 3.60. The number of amides is 1. The molecule has 29 heavy (non-hydrogen) atoms. The summed E-state index contributed by atoms with van der Waals surface area (Å²) in [5.41, 5.74) is 5.39. The lowest BCUT2D eigenvalue weighted by Gasteiger charge is -2.25. The third-order valence-electron chi connectivity index (χ3n) is 4.65. The van der Waals surface area contributed by atoms with Gasteiger partial charge in [0.05, 0.1) is 6.42 Å². The maximum absolute atomic E-state index is 13.2. The standard InChI is InChI=1S/C20H26Cl2N4O3/c1-3-5-10-25(16(27)12-13-14(21)8-7-9-15(13)22)17-18(23)26(11-6-4-2)20(29)24-19(17)28/h7-9H,3-6,10-12,23H2,1-2H3,(H,24,28,29). The van der Waals surface area contributed by atoms with Crippen LogP contribution in [0.3, 0.4) is 0 Å². The van der Waals surface area contributed by atoms with Crippen LogP contribution in [-0.4, -0.2) is 22.0 Å². The lowest BCUT2D eigenvalue weighted by Crippen LogP contribution is -2.42. The Labute approximate surface area is 179 Å². The number of hydrogen-bond acceptors (Lipinski definition) is 4. The fraction of sp³-hybridized carbons (Fsp3) is 0.450. The summed E-state index contributed by atoms with van der Waals surface area (Å²) in [7, 11) is 0. The zero-order chi connectivity index (χ0) is 21.6. The first kappa shape index (κ1) is 23.0. The first-order valence-corrected chi connectivity index (χ1v) is 10.4. The summed E-state index contributed by atoms with van der Waals surface area (Å²) in [5, 5.41) is 0.743. The van der Waals surface area contributed by atoms with Gasteiger partial charge in [0.15, 0.2) is 5.69 Å². The van der Waals surface area contributed by atoms with Crippen LogP contribution in [0.1, 0.15) is 45.1 Å². The third-order valence-corrected chi connectivity index (χ3v) is 5.35. The molecular formula is C20H26Cl2N4O3. The Morgan fingerprint density at radius 3 is 2.34 bits per heavy atom. The van der Waals surface area contributed by atoms with Crippen LogP contribution in [-0.2, 0) is 17.8 Å². The zero-order valence-electron chi connectivity index (χ0n) is 16.6. The van der Waals surface area contributed by atoms with Gasteiger partial charge in [-0.3, -0.25) is 19.1 Å². The largest absolute Gasteiger partial charge is 0.383 e. The van der Waals surface area contributed by atoms with Crippen LogP contribution in [0.5, 0.6) is 0 Å². The summed E-state index contributed by atoms with van der Waals surface area (Å²) in [6.07, 6.45) is 2.95. The molecule has 0 saturated carbocycles. The van der Waals surface area contributed by atoms with E-state index in [2.05, 4.69) is 4.98 Å². The number of halogens is 2. The number of H-pyrrole nitrogens is 1. The molecule has 0 spiro atoms.